The molecule has 2 rings (SSSR count). The molecular weight excluding hydrogens is 376 g/mol. The van der Waals surface area contributed by atoms with Crippen LogP contribution >= 0.6 is 22.9 Å². The first-order chi connectivity index (χ1) is 12.5. The molecule has 138 valence electrons. The molecule has 1 heterocycles. The van der Waals surface area contributed by atoms with Gasteiger partial charge in [-0.15, -0.1) is 11.3 Å². The van der Waals surface area contributed by atoms with E-state index in [-0.39, 0.29) is 30.7 Å². The highest BCUT2D eigenvalue weighted by atomic mass is 35.5. The molecule has 0 aliphatic rings. The zero-order valence-corrected chi connectivity index (χ0v) is 15.8. The molecule has 0 saturated heterocycles. The maximum absolute atomic E-state index is 12.0. The summed E-state index contributed by atoms with van der Waals surface area (Å²) in [6.45, 7) is 0.205. The summed E-state index contributed by atoms with van der Waals surface area (Å²) >= 11 is 7.33. The third-order valence-electron chi connectivity index (χ3n) is 3.50. The Morgan fingerprint density at radius 2 is 1.81 bits per heavy atom. The van der Waals surface area contributed by atoms with Crippen molar-refractivity contribution in [1.82, 2.24) is 5.32 Å². The summed E-state index contributed by atoms with van der Waals surface area (Å²) in [5.41, 5.74) is 1.06. The number of ether oxygens (including phenoxy) is 1. The number of benzene rings is 1. The van der Waals surface area contributed by atoms with Crippen molar-refractivity contribution in [3.63, 3.8) is 0 Å². The second-order valence-electron chi connectivity index (χ2n) is 5.41. The Balaban J connectivity index is 1.78. The minimum absolute atomic E-state index is 0.107. The average molecular weight is 395 g/mol. The highest BCUT2D eigenvalue weighted by Gasteiger charge is 2.08. The van der Waals surface area contributed by atoms with Crippen LogP contribution in [0.25, 0.3) is 0 Å². The number of thiophene rings is 1. The van der Waals surface area contributed by atoms with Crippen LogP contribution < -0.4 is 10.6 Å². The Morgan fingerprint density at radius 3 is 2.42 bits per heavy atom. The van der Waals surface area contributed by atoms with E-state index >= 15 is 0 Å². The van der Waals surface area contributed by atoms with Crippen molar-refractivity contribution >= 4 is 46.4 Å². The molecule has 0 atom stereocenters. The minimum atomic E-state index is -0.381. The van der Waals surface area contributed by atoms with Gasteiger partial charge in [-0.1, -0.05) is 11.6 Å². The number of anilines is 1. The van der Waals surface area contributed by atoms with Crippen LogP contribution in [0.2, 0.25) is 4.34 Å². The summed E-state index contributed by atoms with van der Waals surface area (Å²) < 4.78 is 5.21. The number of hydrogen-bond acceptors (Lipinski definition) is 5. The van der Waals surface area contributed by atoms with Gasteiger partial charge in [-0.2, -0.15) is 0 Å². The van der Waals surface area contributed by atoms with Gasteiger partial charge in [0.15, 0.2) is 0 Å². The topological polar surface area (TPSA) is 84.5 Å². The van der Waals surface area contributed by atoms with Crippen molar-refractivity contribution in [3.05, 3.63) is 51.2 Å². The lowest BCUT2D eigenvalue weighted by Crippen LogP contribution is -2.26. The first-order valence-electron chi connectivity index (χ1n) is 7.97. The highest BCUT2D eigenvalue weighted by molar-refractivity contribution is 7.16. The number of hydrogen-bond donors (Lipinski definition) is 2. The SMILES string of the molecule is COC(=O)CCNC(=O)c1ccc(NC(=O)CCc2ccc(Cl)s2)cc1. The smallest absolute Gasteiger partial charge is 0.307 e. The van der Waals surface area contributed by atoms with Gasteiger partial charge in [0, 0.05) is 29.1 Å². The number of methoxy groups -OCH3 is 1. The lowest BCUT2D eigenvalue weighted by molar-refractivity contribution is -0.140. The fraction of sp³-hybridized carbons (Fsp3) is 0.278. The number of carbonyl (C=O) groups excluding carboxylic acids is 3. The lowest BCUT2D eigenvalue weighted by Gasteiger charge is -2.07. The molecule has 0 radical (unpaired) electrons. The van der Waals surface area contributed by atoms with E-state index in [0.29, 0.717) is 28.4 Å². The number of nitrogens with one attached hydrogen (secondary N) is 2. The molecule has 0 aliphatic carbocycles. The highest BCUT2D eigenvalue weighted by Crippen LogP contribution is 2.22. The molecule has 8 heteroatoms. The molecule has 6 nitrogen and oxygen atoms in total. The quantitative estimate of drug-likeness (QED) is 0.673. The predicted molar refractivity (Wildman–Crippen MR) is 102 cm³/mol. The first-order valence-corrected chi connectivity index (χ1v) is 9.16. The molecule has 2 amide bonds. The van der Waals surface area contributed by atoms with Crippen molar-refractivity contribution in [3.8, 4) is 0 Å². The van der Waals surface area contributed by atoms with Crippen molar-refractivity contribution in [1.29, 1.82) is 0 Å². The second kappa shape index (κ2) is 9.94. The zero-order valence-electron chi connectivity index (χ0n) is 14.2. The molecule has 2 aromatic rings. The Hall–Kier alpha value is -2.38. The Bertz CT molecular complexity index is 774. The van der Waals surface area contributed by atoms with Crippen LogP contribution in [0, 0.1) is 0 Å². The first kappa shape index (κ1) is 19.9. The number of carbonyl (C=O) groups is 3. The summed E-state index contributed by atoms with van der Waals surface area (Å²) in [7, 11) is 1.30. The van der Waals surface area contributed by atoms with Gasteiger partial charge < -0.3 is 15.4 Å². The van der Waals surface area contributed by atoms with Gasteiger partial charge in [0.1, 0.15) is 0 Å². The van der Waals surface area contributed by atoms with E-state index in [1.54, 1.807) is 24.3 Å². The van der Waals surface area contributed by atoms with Crippen LogP contribution in [-0.4, -0.2) is 31.4 Å². The van der Waals surface area contributed by atoms with Crippen LogP contribution in [-0.2, 0) is 20.7 Å². The molecule has 2 N–H and O–H groups in total. The number of amides is 2. The molecule has 0 aliphatic heterocycles. The van der Waals surface area contributed by atoms with Crippen LogP contribution in [0.1, 0.15) is 28.1 Å². The molecule has 0 fully saturated rings. The van der Waals surface area contributed by atoms with Crippen LogP contribution in [0.15, 0.2) is 36.4 Å². The third kappa shape index (κ3) is 6.50. The fourth-order valence-electron chi connectivity index (χ4n) is 2.13. The summed E-state index contributed by atoms with van der Waals surface area (Å²) in [6, 6.07) is 10.3. The van der Waals surface area contributed by atoms with Crippen LogP contribution in [0.5, 0.6) is 0 Å². The summed E-state index contributed by atoms with van der Waals surface area (Å²) in [4.78, 5) is 36.0. The summed E-state index contributed by atoms with van der Waals surface area (Å²) in [5, 5.41) is 5.42. The van der Waals surface area contributed by atoms with E-state index < -0.39 is 0 Å². The van der Waals surface area contributed by atoms with Gasteiger partial charge in [0.25, 0.3) is 5.91 Å². The average Bonchev–Trinajstić information content (AvgIpc) is 3.05. The van der Waals surface area contributed by atoms with E-state index in [0.717, 1.165) is 4.88 Å². The largest absolute Gasteiger partial charge is 0.469 e. The van der Waals surface area contributed by atoms with E-state index in [1.807, 2.05) is 12.1 Å². The molecule has 0 saturated carbocycles. The van der Waals surface area contributed by atoms with E-state index in [9.17, 15) is 14.4 Å². The summed E-state index contributed by atoms with van der Waals surface area (Å²) in [5.74, 6) is -0.778. The molecule has 1 aromatic carbocycles. The van der Waals surface area contributed by atoms with Crippen molar-refractivity contribution in [2.24, 2.45) is 0 Å². The normalized spacial score (nSPS) is 10.2. The molecule has 0 spiro atoms. The molecule has 0 unspecified atom stereocenters. The van der Waals surface area contributed by atoms with Gasteiger partial charge in [-0.05, 0) is 42.8 Å². The molecule has 1 aromatic heterocycles. The van der Waals surface area contributed by atoms with Crippen molar-refractivity contribution in [2.75, 3.05) is 19.0 Å². The number of aryl methyl sites for hydroxylation is 1. The van der Waals surface area contributed by atoms with Crippen LogP contribution in [0.3, 0.4) is 0 Å². The van der Waals surface area contributed by atoms with E-state index in [2.05, 4.69) is 15.4 Å². The Labute approximate surface area is 160 Å². The molecular formula is C18H19ClN2O4S. The maximum atomic E-state index is 12.0. The molecule has 0 bridgehead atoms. The number of halogens is 1. The summed E-state index contributed by atoms with van der Waals surface area (Å²) in [6.07, 6.45) is 1.10. The van der Waals surface area contributed by atoms with E-state index in [1.165, 1.54) is 18.4 Å². The Kier molecular flexibility index (Phi) is 7.62. The standard InChI is InChI=1S/C18H19ClN2O4S/c1-25-17(23)10-11-20-18(24)12-2-4-13(5-3-12)21-16(22)9-7-14-6-8-15(19)26-14/h2-6,8H,7,9-11H2,1H3,(H,20,24)(H,21,22). The van der Waals surface area contributed by atoms with Crippen molar-refractivity contribution in [2.45, 2.75) is 19.3 Å². The molecule has 26 heavy (non-hydrogen) atoms. The van der Waals surface area contributed by atoms with Gasteiger partial charge in [0.05, 0.1) is 17.9 Å². The lowest BCUT2D eigenvalue weighted by atomic mass is 10.2. The third-order valence-corrected chi connectivity index (χ3v) is 4.79. The van der Waals surface area contributed by atoms with Gasteiger partial charge in [-0.25, -0.2) is 0 Å². The monoisotopic (exact) mass is 394 g/mol. The Morgan fingerprint density at radius 1 is 1.08 bits per heavy atom. The number of rotatable bonds is 8. The van der Waals surface area contributed by atoms with Gasteiger partial charge in [-0.3, -0.25) is 14.4 Å². The number of esters is 1. The van der Waals surface area contributed by atoms with Gasteiger partial charge >= 0.3 is 5.97 Å². The van der Waals surface area contributed by atoms with Crippen LogP contribution in [0.4, 0.5) is 5.69 Å². The maximum Gasteiger partial charge on any atom is 0.307 e. The van der Waals surface area contributed by atoms with Crippen molar-refractivity contribution < 1.29 is 19.1 Å². The zero-order chi connectivity index (χ0) is 18.9. The second-order valence-corrected chi connectivity index (χ2v) is 7.21. The predicted octanol–water partition coefficient (Wildman–Crippen LogP) is 3.27. The van der Waals surface area contributed by atoms with E-state index in [4.69, 9.17) is 11.6 Å². The minimum Gasteiger partial charge on any atom is -0.469 e. The fourth-order valence-corrected chi connectivity index (χ4v) is 3.22. The van der Waals surface area contributed by atoms with Gasteiger partial charge in [0.2, 0.25) is 5.91 Å².